The van der Waals surface area contributed by atoms with E-state index in [0.29, 0.717) is 18.2 Å². The van der Waals surface area contributed by atoms with Crippen molar-refractivity contribution in [1.82, 2.24) is 10.6 Å². The lowest BCUT2D eigenvalue weighted by Gasteiger charge is -2.13. The van der Waals surface area contributed by atoms with Crippen LogP contribution in [0.15, 0.2) is 18.2 Å². The summed E-state index contributed by atoms with van der Waals surface area (Å²) in [5.74, 6) is -0.0332. The van der Waals surface area contributed by atoms with Crippen molar-refractivity contribution in [2.24, 2.45) is 0 Å². The third kappa shape index (κ3) is 7.09. The molecule has 0 aliphatic heterocycles. The maximum atomic E-state index is 10.7. The van der Waals surface area contributed by atoms with E-state index in [1.54, 1.807) is 0 Å². The lowest BCUT2D eigenvalue weighted by Crippen LogP contribution is -2.36. The standard InChI is InChI=1S/C16H25N3OS/c1-4-5-6-14-7-8-15(12(2)11-14)19-16(21)18-10-9-17-13(3)20/h7-8,11H,4-6,9-10H2,1-3H3,(H,17,20)(H2,18,19,21). The van der Waals surface area contributed by atoms with Gasteiger partial charge < -0.3 is 16.0 Å². The fraction of sp³-hybridized carbons (Fsp3) is 0.500. The molecule has 4 nitrogen and oxygen atoms in total. The van der Waals surface area contributed by atoms with E-state index in [0.717, 1.165) is 12.1 Å². The molecule has 1 aromatic rings. The molecule has 0 atom stereocenters. The van der Waals surface area contributed by atoms with E-state index in [2.05, 4.69) is 48.0 Å². The van der Waals surface area contributed by atoms with E-state index in [9.17, 15) is 4.79 Å². The minimum Gasteiger partial charge on any atom is -0.361 e. The number of aryl methyl sites for hydroxylation is 2. The molecule has 5 heteroatoms. The highest BCUT2D eigenvalue weighted by Gasteiger charge is 2.02. The van der Waals surface area contributed by atoms with Gasteiger partial charge in [-0.3, -0.25) is 4.79 Å². The molecule has 1 rings (SSSR count). The molecule has 116 valence electrons. The molecule has 1 amide bonds. The van der Waals surface area contributed by atoms with E-state index >= 15 is 0 Å². The number of amides is 1. The lowest BCUT2D eigenvalue weighted by molar-refractivity contribution is -0.118. The zero-order valence-electron chi connectivity index (χ0n) is 13.1. The summed E-state index contributed by atoms with van der Waals surface area (Å²) in [5.41, 5.74) is 3.58. The van der Waals surface area contributed by atoms with Crippen LogP contribution in [-0.2, 0) is 11.2 Å². The van der Waals surface area contributed by atoms with Crippen molar-refractivity contribution in [2.75, 3.05) is 18.4 Å². The first-order valence-electron chi connectivity index (χ1n) is 7.41. The van der Waals surface area contributed by atoms with Crippen LogP contribution in [0.4, 0.5) is 5.69 Å². The van der Waals surface area contributed by atoms with Crippen LogP contribution in [0.5, 0.6) is 0 Å². The van der Waals surface area contributed by atoms with Gasteiger partial charge in [-0.1, -0.05) is 25.5 Å². The highest BCUT2D eigenvalue weighted by atomic mass is 32.1. The van der Waals surface area contributed by atoms with Crippen molar-refractivity contribution >= 4 is 28.9 Å². The molecule has 0 unspecified atom stereocenters. The molecule has 0 aliphatic carbocycles. The van der Waals surface area contributed by atoms with E-state index in [4.69, 9.17) is 12.2 Å². The largest absolute Gasteiger partial charge is 0.361 e. The number of nitrogens with one attached hydrogen (secondary N) is 3. The second-order valence-corrected chi connectivity index (χ2v) is 5.52. The number of carbonyl (C=O) groups is 1. The van der Waals surface area contributed by atoms with E-state index in [1.165, 1.54) is 30.9 Å². The maximum absolute atomic E-state index is 10.7. The highest BCUT2D eigenvalue weighted by molar-refractivity contribution is 7.80. The molecular weight excluding hydrogens is 282 g/mol. The number of benzene rings is 1. The summed E-state index contributed by atoms with van der Waals surface area (Å²) < 4.78 is 0. The van der Waals surface area contributed by atoms with E-state index in [1.807, 2.05) is 0 Å². The zero-order chi connectivity index (χ0) is 15.7. The molecule has 21 heavy (non-hydrogen) atoms. The number of thiocarbonyl (C=S) groups is 1. The molecule has 0 fully saturated rings. The summed E-state index contributed by atoms with van der Waals surface area (Å²) >= 11 is 5.24. The number of hydrogen-bond donors (Lipinski definition) is 3. The Morgan fingerprint density at radius 2 is 1.95 bits per heavy atom. The minimum atomic E-state index is -0.0332. The molecule has 0 heterocycles. The Balaban J connectivity index is 2.43. The predicted molar refractivity (Wildman–Crippen MR) is 92.7 cm³/mol. The van der Waals surface area contributed by atoms with Crippen molar-refractivity contribution in [3.8, 4) is 0 Å². The van der Waals surface area contributed by atoms with Crippen molar-refractivity contribution < 1.29 is 4.79 Å². The van der Waals surface area contributed by atoms with E-state index in [-0.39, 0.29) is 5.91 Å². The van der Waals surface area contributed by atoms with Gasteiger partial charge in [-0.25, -0.2) is 0 Å². The first-order valence-corrected chi connectivity index (χ1v) is 7.82. The smallest absolute Gasteiger partial charge is 0.216 e. The second kappa shape index (κ2) is 9.34. The average molecular weight is 307 g/mol. The van der Waals surface area contributed by atoms with Crippen LogP contribution in [0.3, 0.4) is 0 Å². The summed E-state index contributed by atoms with van der Waals surface area (Å²) in [6.45, 7) is 6.96. The minimum absolute atomic E-state index is 0.0332. The summed E-state index contributed by atoms with van der Waals surface area (Å²) in [6, 6.07) is 6.42. The monoisotopic (exact) mass is 307 g/mol. The van der Waals surface area contributed by atoms with Gasteiger partial charge in [0.15, 0.2) is 5.11 Å². The number of anilines is 1. The van der Waals surface area contributed by atoms with Gasteiger partial charge in [0.1, 0.15) is 0 Å². The maximum Gasteiger partial charge on any atom is 0.216 e. The fourth-order valence-electron chi connectivity index (χ4n) is 1.98. The van der Waals surface area contributed by atoms with Crippen LogP contribution in [-0.4, -0.2) is 24.1 Å². The Hall–Kier alpha value is -1.62. The summed E-state index contributed by atoms with van der Waals surface area (Å²) in [4.78, 5) is 10.7. The SMILES string of the molecule is CCCCc1ccc(NC(=S)NCCNC(C)=O)c(C)c1. The van der Waals surface area contributed by atoms with Crippen molar-refractivity contribution in [3.05, 3.63) is 29.3 Å². The Morgan fingerprint density at radius 3 is 2.57 bits per heavy atom. The van der Waals surface area contributed by atoms with Gasteiger partial charge in [-0.05, 0) is 49.2 Å². The van der Waals surface area contributed by atoms with E-state index < -0.39 is 0 Å². The van der Waals surface area contributed by atoms with Crippen LogP contribution < -0.4 is 16.0 Å². The summed E-state index contributed by atoms with van der Waals surface area (Å²) in [7, 11) is 0. The second-order valence-electron chi connectivity index (χ2n) is 5.12. The van der Waals surface area contributed by atoms with Gasteiger partial charge >= 0.3 is 0 Å². The average Bonchev–Trinajstić information content (AvgIpc) is 2.44. The van der Waals surface area contributed by atoms with Crippen LogP contribution in [0, 0.1) is 6.92 Å². The van der Waals surface area contributed by atoms with Gasteiger partial charge in [-0.2, -0.15) is 0 Å². The third-order valence-corrected chi connectivity index (χ3v) is 3.39. The lowest BCUT2D eigenvalue weighted by atomic mass is 10.0. The molecule has 0 aromatic heterocycles. The third-order valence-electron chi connectivity index (χ3n) is 3.14. The van der Waals surface area contributed by atoms with Crippen LogP contribution in [0.25, 0.3) is 0 Å². The summed E-state index contributed by atoms with van der Waals surface area (Å²) in [6.07, 6.45) is 3.55. The zero-order valence-corrected chi connectivity index (χ0v) is 13.9. The Kier molecular flexibility index (Phi) is 7.75. The molecule has 0 radical (unpaired) electrons. The fourth-order valence-corrected chi connectivity index (χ4v) is 2.20. The van der Waals surface area contributed by atoms with Crippen LogP contribution in [0.2, 0.25) is 0 Å². The first-order chi connectivity index (χ1) is 10.0. The normalized spacial score (nSPS) is 10.0. The van der Waals surface area contributed by atoms with Crippen LogP contribution >= 0.6 is 12.2 Å². The molecule has 0 saturated carbocycles. The summed E-state index contributed by atoms with van der Waals surface area (Å²) in [5, 5.41) is 9.55. The topological polar surface area (TPSA) is 53.2 Å². The Bertz CT molecular complexity index is 488. The molecule has 0 spiro atoms. The quantitative estimate of drug-likeness (QED) is 0.535. The first kappa shape index (κ1) is 17.4. The van der Waals surface area contributed by atoms with Gasteiger partial charge in [0.25, 0.3) is 0 Å². The van der Waals surface area contributed by atoms with Crippen molar-refractivity contribution in [3.63, 3.8) is 0 Å². The number of unbranched alkanes of at least 4 members (excludes halogenated alkanes) is 1. The van der Waals surface area contributed by atoms with Gasteiger partial charge in [-0.15, -0.1) is 0 Å². The number of hydrogen-bond acceptors (Lipinski definition) is 2. The Labute approximate surface area is 132 Å². The predicted octanol–water partition coefficient (Wildman–Crippen LogP) is 2.76. The number of rotatable bonds is 7. The number of carbonyl (C=O) groups excluding carboxylic acids is 1. The molecule has 0 aliphatic rings. The molecule has 0 saturated heterocycles. The molecule has 0 bridgehead atoms. The van der Waals surface area contributed by atoms with Crippen molar-refractivity contribution in [2.45, 2.75) is 40.0 Å². The molecule has 1 aromatic carbocycles. The highest BCUT2D eigenvalue weighted by Crippen LogP contribution is 2.17. The molecule has 3 N–H and O–H groups in total. The van der Waals surface area contributed by atoms with Crippen LogP contribution in [0.1, 0.15) is 37.8 Å². The Morgan fingerprint density at radius 1 is 1.24 bits per heavy atom. The molecular formula is C16H25N3OS. The van der Waals surface area contributed by atoms with Gasteiger partial charge in [0, 0.05) is 25.7 Å². The van der Waals surface area contributed by atoms with Gasteiger partial charge in [0.05, 0.1) is 0 Å². The van der Waals surface area contributed by atoms with Crippen molar-refractivity contribution in [1.29, 1.82) is 0 Å². The van der Waals surface area contributed by atoms with Gasteiger partial charge in [0.2, 0.25) is 5.91 Å².